The Morgan fingerprint density at radius 2 is 2.05 bits per heavy atom. The topological polar surface area (TPSA) is 55.0 Å². The molecule has 0 unspecified atom stereocenters. The fourth-order valence-electron chi connectivity index (χ4n) is 2.03. The van der Waals surface area contributed by atoms with Crippen molar-refractivity contribution in [3.8, 4) is 11.4 Å². The van der Waals surface area contributed by atoms with Crippen molar-refractivity contribution < 1.29 is 9.53 Å². The number of carbonyl (C=O) groups is 1. The van der Waals surface area contributed by atoms with Gasteiger partial charge in [-0.1, -0.05) is 29.8 Å². The number of hydrogen-bond acceptors (Lipinski definition) is 3. The van der Waals surface area contributed by atoms with Crippen molar-refractivity contribution in [1.82, 2.24) is 9.97 Å². The molecule has 20 heavy (non-hydrogen) atoms. The summed E-state index contributed by atoms with van der Waals surface area (Å²) in [7, 11) is 1.33. The lowest BCUT2D eigenvalue weighted by atomic mass is 10.1. The Balaban J connectivity index is 2.06. The maximum Gasteiger partial charge on any atom is 0.339 e. The molecule has 0 saturated heterocycles. The molecule has 0 bridgehead atoms. The van der Waals surface area contributed by atoms with E-state index < -0.39 is 5.97 Å². The highest BCUT2D eigenvalue weighted by atomic mass is 35.5. The molecule has 2 aromatic carbocycles. The van der Waals surface area contributed by atoms with Gasteiger partial charge in [0, 0.05) is 5.56 Å². The van der Waals surface area contributed by atoms with Crippen LogP contribution >= 0.6 is 11.6 Å². The highest BCUT2D eigenvalue weighted by Gasteiger charge is 2.13. The maximum atomic E-state index is 11.5. The number of aromatic nitrogens is 2. The zero-order chi connectivity index (χ0) is 14.1. The molecule has 1 N–H and O–H groups in total. The van der Waals surface area contributed by atoms with Gasteiger partial charge >= 0.3 is 5.97 Å². The van der Waals surface area contributed by atoms with Gasteiger partial charge in [0.05, 0.1) is 28.7 Å². The standard InChI is InChI=1S/C15H11ClN2O2/c1-20-15(19)10-7-6-9(8-11(10)16)14-17-12-4-2-3-5-13(12)18-14/h2-8H,1H3,(H,17,18). The van der Waals surface area contributed by atoms with E-state index in [1.54, 1.807) is 18.2 Å². The highest BCUT2D eigenvalue weighted by molar-refractivity contribution is 6.33. The number of methoxy groups -OCH3 is 1. The Labute approximate surface area is 120 Å². The fraction of sp³-hybridized carbons (Fsp3) is 0.0667. The predicted octanol–water partition coefficient (Wildman–Crippen LogP) is 3.67. The first kappa shape index (κ1) is 12.7. The Hall–Kier alpha value is -2.33. The summed E-state index contributed by atoms with van der Waals surface area (Å²) in [5.74, 6) is 0.260. The number of fused-ring (bicyclic) bond motifs is 1. The number of ether oxygens (including phenoxy) is 1. The summed E-state index contributed by atoms with van der Waals surface area (Å²) in [4.78, 5) is 19.2. The zero-order valence-electron chi connectivity index (χ0n) is 10.7. The second kappa shape index (κ2) is 4.98. The van der Waals surface area contributed by atoms with Crippen molar-refractivity contribution in [2.24, 2.45) is 0 Å². The lowest BCUT2D eigenvalue weighted by molar-refractivity contribution is 0.0601. The molecule has 3 rings (SSSR count). The van der Waals surface area contributed by atoms with Crippen LogP contribution in [0.5, 0.6) is 0 Å². The second-order valence-corrected chi connectivity index (χ2v) is 4.70. The fourth-order valence-corrected chi connectivity index (χ4v) is 2.29. The number of hydrogen-bond donors (Lipinski definition) is 1. The minimum atomic E-state index is -0.453. The van der Waals surface area contributed by atoms with Crippen LogP contribution in [0.1, 0.15) is 10.4 Å². The largest absolute Gasteiger partial charge is 0.465 e. The minimum absolute atomic E-state index is 0.342. The van der Waals surface area contributed by atoms with Crippen LogP contribution in [0, 0.1) is 0 Å². The molecule has 0 aliphatic rings. The third-order valence-electron chi connectivity index (χ3n) is 3.04. The van der Waals surface area contributed by atoms with Crippen molar-refractivity contribution in [1.29, 1.82) is 0 Å². The summed E-state index contributed by atoms with van der Waals surface area (Å²) in [5, 5.41) is 0.342. The third kappa shape index (κ3) is 2.14. The number of H-pyrrole nitrogens is 1. The molecular formula is C15H11ClN2O2. The minimum Gasteiger partial charge on any atom is -0.465 e. The monoisotopic (exact) mass is 286 g/mol. The van der Waals surface area contributed by atoms with Crippen LogP contribution < -0.4 is 0 Å². The number of benzene rings is 2. The van der Waals surface area contributed by atoms with Gasteiger partial charge in [0.1, 0.15) is 5.82 Å². The summed E-state index contributed by atoms with van der Waals surface area (Å²) in [6.45, 7) is 0. The average molecular weight is 287 g/mol. The van der Waals surface area contributed by atoms with Crippen LogP contribution in [0.4, 0.5) is 0 Å². The number of nitrogens with one attached hydrogen (secondary N) is 1. The molecule has 0 amide bonds. The summed E-state index contributed by atoms with van der Waals surface area (Å²) in [5.41, 5.74) is 3.00. The van der Waals surface area contributed by atoms with E-state index in [0.717, 1.165) is 16.6 Å². The van der Waals surface area contributed by atoms with E-state index in [9.17, 15) is 4.79 Å². The zero-order valence-corrected chi connectivity index (χ0v) is 11.4. The van der Waals surface area contributed by atoms with Crippen LogP contribution in [-0.4, -0.2) is 23.0 Å². The molecule has 3 aromatic rings. The molecule has 0 fully saturated rings. The van der Waals surface area contributed by atoms with Gasteiger partial charge < -0.3 is 9.72 Å². The molecule has 0 aliphatic heterocycles. The van der Waals surface area contributed by atoms with E-state index in [-0.39, 0.29) is 0 Å². The number of imidazole rings is 1. The smallest absolute Gasteiger partial charge is 0.339 e. The van der Waals surface area contributed by atoms with Crippen molar-refractivity contribution in [2.75, 3.05) is 7.11 Å². The number of nitrogens with zero attached hydrogens (tertiary/aromatic N) is 1. The Kier molecular flexibility index (Phi) is 3.16. The molecule has 1 heterocycles. The second-order valence-electron chi connectivity index (χ2n) is 4.29. The number of esters is 1. The van der Waals surface area contributed by atoms with Gasteiger partial charge in [-0.2, -0.15) is 0 Å². The van der Waals surface area contributed by atoms with E-state index in [2.05, 4.69) is 14.7 Å². The van der Waals surface area contributed by atoms with Crippen LogP contribution in [-0.2, 0) is 4.74 Å². The quantitative estimate of drug-likeness (QED) is 0.731. The summed E-state index contributed by atoms with van der Waals surface area (Å²) in [6.07, 6.45) is 0. The highest BCUT2D eigenvalue weighted by Crippen LogP contribution is 2.26. The van der Waals surface area contributed by atoms with E-state index in [4.69, 9.17) is 11.6 Å². The number of carbonyl (C=O) groups excluding carboxylic acids is 1. The van der Waals surface area contributed by atoms with Gasteiger partial charge in [0.2, 0.25) is 0 Å². The lowest BCUT2D eigenvalue weighted by Crippen LogP contribution is -2.01. The molecule has 0 radical (unpaired) electrons. The summed E-state index contributed by atoms with van der Waals surface area (Å²) < 4.78 is 4.66. The molecule has 0 saturated carbocycles. The van der Waals surface area contributed by atoms with Gasteiger partial charge in [0.25, 0.3) is 0 Å². The van der Waals surface area contributed by atoms with Gasteiger partial charge in [-0.15, -0.1) is 0 Å². The number of aromatic amines is 1. The summed E-state index contributed by atoms with van der Waals surface area (Å²) in [6, 6.07) is 12.9. The van der Waals surface area contributed by atoms with Crippen molar-refractivity contribution in [3.05, 3.63) is 53.1 Å². The lowest BCUT2D eigenvalue weighted by Gasteiger charge is -2.03. The average Bonchev–Trinajstić information content (AvgIpc) is 2.90. The molecule has 1 aromatic heterocycles. The summed E-state index contributed by atoms with van der Waals surface area (Å²) >= 11 is 6.11. The Morgan fingerprint density at radius 1 is 1.25 bits per heavy atom. The first-order chi connectivity index (χ1) is 9.69. The molecule has 5 heteroatoms. The predicted molar refractivity (Wildman–Crippen MR) is 77.9 cm³/mol. The van der Waals surface area contributed by atoms with Crippen molar-refractivity contribution in [2.45, 2.75) is 0 Å². The van der Waals surface area contributed by atoms with Crippen LogP contribution in [0.15, 0.2) is 42.5 Å². The van der Waals surface area contributed by atoms with Crippen LogP contribution in [0.3, 0.4) is 0 Å². The number of halogens is 1. The molecular weight excluding hydrogens is 276 g/mol. The third-order valence-corrected chi connectivity index (χ3v) is 3.35. The first-order valence-corrected chi connectivity index (χ1v) is 6.40. The van der Waals surface area contributed by atoms with E-state index >= 15 is 0 Å². The maximum absolute atomic E-state index is 11.5. The van der Waals surface area contributed by atoms with E-state index in [0.29, 0.717) is 16.4 Å². The number of rotatable bonds is 2. The number of para-hydroxylation sites is 2. The molecule has 100 valence electrons. The van der Waals surface area contributed by atoms with Gasteiger partial charge in [-0.3, -0.25) is 0 Å². The normalized spacial score (nSPS) is 10.7. The van der Waals surface area contributed by atoms with E-state index in [1.807, 2.05) is 24.3 Å². The van der Waals surface area contributed by atoms with Gasteiger partial charge in [-0.05, 0) is 24.3 Å². The SMILES string of the molecule is COC(=O)c1ccc(-c2nc3ccccc3[nH]2)cc1Cl. The molecule has 0 spiro atoms. The Bertz CT molecular complexity index is 762. The van der Waals surface area contributed by atoms with Crippen molar-refractivity contribution >= 4 is 28.6 Å². The van der Waals surface area contributed by atoms with Crippen molar-refractivity contribution in [3.63, 3.8) is 0 Å². The molecule has 0 atom stereocenters. The van der Waals surface area contributed by atoms with Gasteiger partial charge in [-0.25, -0.2) is 9.78 Å². The molecule has 0 aliphatic carbocycles. The first-order valence-electron chi connectivity index (χ1n) is 6.02. The Morgan fingerprint density at radius 3 is 2.75 bits per heavy atom. The van der Waals surface area contributed by atoms with Gasteiger partial charge in [0.15, 0.2) is 0 Å². The van der Waals surface area contributed by atoms with E-state index in [1.165, 1.54) is 7.11 Å². The van der Waals surface area contributed by atoms with Crippen LogP contribution in [0.25, 0.3) is 22.4 Å². The van der Waals surface area contributed by atoms with Crippen LogP contribution in [0.2, 0.25) is 5.02 Å². The molecule has 4 nitrogen and oxygen atoms in total.